The fraction of sp³-hybridized carbons (Fsp3) is 0.562. The SMILES string of the molecule is CCC(=O)OC(C)C(c1ccc(F)cc1C)C(C)C. The monoisotopic (exact) mass is 266 g/mol. The summed E-state index contributed by atoms with van der Waals surface area (Å²) in [6.07, 6.45) is 0.161. The van der Waals surface area contributed by atoms with Gasteiger partial charge in [0.2, 0.25) is 0 Å². The number of esters is 1. The lowest BCUT2D eigenvalue weighted by atomic mass is 9.82. The highest BCUT2D eigenvalue weighted by atomic mass is 19.1. The molecule has 0 bridgehead atoms. The van der Waals surface area contributed by atoms with Crippen LogP contribution in [0.25, 0.3) is 0 Å². The Labute approximate surface area is 115 Å². The van der Waals surface area contributed by atoms with Crippen LogP contribution in [-0.4, -0.2) is 12.1 Å². The van der Waals surface area contributed by atoms with Crippen LogP contribution in [0.5, 0.6) is 0 Å². The maximum absolute atomic E-state index is 13.2. The van der Waals surface area contributed by atoms with E-state index in [1.165, 1.54) is 12.1 Å². The summed E-state index contributed by atoms with van der Waals surface area (Å²) in [4.78, 5) is 11.4. The first kappa shape index (κ1) is 15.7. The number of hydrogen-bond acceptors (Lipinski definition) is 2. The molecule has 19 heavy (non-hydrogen) atoms. The summed E-state index contributed by atoms with van der Waals surface area (Å²) in [6, 6.07) is 4.79. The first-order valence-corrected chi connectivity index (χ1v) is 6.82. The third-order valence-electron chi connectivity index (χ3n) is 3.42. The van der Waals surface area contributed by atoms with Crippen LogP contribution in [0.3, 0.4) is 0 Å². The Balaban J connectivity index is 3.03. The van der Waals surface area contributed by atoms with Crippen molar-refractivity contribution in [2.24, 2.45) is 5.92 Å². The van der Waals surface area contributed by atoms with Gasteiger partial charge in [-0.15, -0.1) is 0 Å². The second-order valence-electron chi connectivity index (χ2n) is 5.32. The van der Waals surface area contributed by atoms with E-state index in [-0.39, 0.29) is 23.8 Å². The molecule has 0 N–H and O–H groups in total. The zero-order chi connectivity index (χ0) is 14.6. The summed E-state index contributed by atoms with van der Waals surface area (Å²) in [5, 5.41) is 0. The smallest absolute Gasteiger partial charge is 0.305 e. The van der Waals surface area contributed by atoms with Gasteiger partial charge in [-0.2, -0.15) is 0 Å². The topological polar surface area (TPSA) is 26.3 Å². The van der Waals surface area contributed by atoms with Gasteiger partial charge in [0.15, 0.2) is 0 Å². The number of carbonyl (C=O) groups is 1. The molecule has 0 aliphatic heterocycles. The van der Waals surface area contributed by atoms with Crippen LogP contribution in [0, 0.1) is 18.7 Å². The fourth-order valence-electron chi connectivity index (χ4n) is 2.53. The summed E-state index contributed by atoms with van der Waals surface area (Å²) < 4.78 is 18.6. The van der Waals surface area contributed by atoms with Crippen molar-refractivity contribution < 1.29 is 13.9 Å². The molecule has 106 valence electrons. The molecule has 0 fully saturated rings. The van der Waals surface area contributed by atoms with Gasteiger partial charge in [0, 0.05) is 12.3 Å². The van der Waals surface area contributed by atoms with Gasteiger partial charge in [-0.1, -0.05) is 26.8 Å². The number of rotatable bonds is 5. The number of aryl methyl sites for hydroxylation is 1. The lowest BCUT2D eigenvalue weighted by molar-refractivity contribution is -0.149. The van der Waals surface area contributed by atoms with E-state index in [0.717, 1.165) is 11.1 Å². The van der Waals surface area contributed by atoms with Crippen molar-refractivity contribution in [3.63, 3.8) is 0 Å². The lowest BCUT2D eigenvalue weighted by Crippen LogP contribution is -2.26. The molecule has 0 saturated heterocycles. The third kappa shape index (κ3) is 4.05. The molecule has 0 aliphatic rings. The Morgan fingerprint density at radius 2 is 1.95 bits per heavy atom. The molecule has 0 spiro atoms. The molecule has 2 unspecified atom stereocenters. The predicted octanol–water partition coefficient (Wildman–Crippen LogP) is 4.22. The van der Waals surface area contributed by atoms with E-state index in [2.05, 4.69) is 13.8 Å². The highest BCUT2D eigenvalue weighted by Gasteiger charge is 2.26. The second kappa shape index (κ2) is 6.69. The van der Waals surface area contributed by atoms with E-state index in [1.54, 1.807) is 13.0 Å². The lowest BCUT2D eigenvalue weighted by Gasteiger charge is -2.29. The summed E-state index contributed by atoms with van der Waals surface area (Å²) in [5.74, 6) is -0.0419. The van der Waals surface area contributed by atoms with Gasteiger partial charge in [-0.05, 0) is 43.0 Å². The van der Waals surface area contributed by atoms with Gasteiger partial charge >= 0.3 is 5.97 Å². The fourth-order valence-corrected chi connectivity index (χ4v) is 2.53. The molecule has 0 amide bonds. The molecule has 1 aromatic carbocycles. The Hall–Kier alpha value is -1.38. The summed E-state index contributed by atoms with van der Waals surface area (Å²) in [6.45, 7) is 9.75. The van der Waals surface area contributed by atoms with E-state index in [4.69, 9.17) is 4.74 Å². The zero-order valence-corrected chi connectivity index (χ0v) is 12.4. The molecule has 0 saturated carbocycles. The van der Waals surface area contributed by atoms with Crippen molar-refractivity contribution in [2.45, 2.75) is 53.1 Å². The maximum atomic E-state index is 13.2. The first-order valence-electron chi connectivity index (χ1n) is 6.82. The summed E-state index contributed by atoms with van der Waals surface area (Å²) in [5.41, 5.74) is 1.95. The van der Waals surface area contributed by atoms with Gasteiger partial charge < -0.3 is 4.74 Å². The molecule has 0 aromatic heterocycles. The molecule has 2 nitrogen and oxygen atoms in total. The number of halogens is 1. The minimum atomic E-state index is -0.234. The van der Waals surface area contributed by atoms with Gasteiger partial charge in [0.05, 0.1) is 0 Å². The van der Waals surface area contributed by atoms with Gasteiger partial charge in [-0.3, -0.25) is 4.79 Å². The number of ether oxygens (including phenoxy) is 1. The molecule has 0 aliphatic carbocycles. The van der Waals surface area contributed by atoms with Crippen molar-refractivity contribution >= 4 is 5.97 Å². The second-order valence-corrected chi connectivity index (χ2v) is 5.32. The molecule has 1 aromatic rings. The van der Waals surface area contributed by atoms with Crippen LogP contribution in [0.1, 0.15) is 51.2 Å². The van der Waals surface area contributed by atoms with Crippen molar-refractivity contribution in [3.8, 4) is 0 Å². The molecule has 0 radical (unpaired) electrons. The van der Waals surface area contributed by atoms with E-state index in [9.17, 15) is 9.18 Å². The van der Waals surface area contributed by atoms with E-state index < -0.39 is 0 Å². The van der Waals surface area contributed by atoms with Crippen molar-refractivity contribution in [3.05, 3.63) is 35.1 Å². The Bertz CT molecular complexity index is 440. The zero-order valence-electron chi connectivity index (χ0n) is 12.4. The first-order chi connectivity index (χ1) is 8.86. The van der Waals surface area contributed by atoms with Crippen LogP contribution < -0.4 is 0 Å². The standard InChI is InChI=1S/C16H23FO2/c1-6-15(18)19-12(5)16(10(2)3)14-8-7-13(17)9-11(14)4/h7-10,12,16H,6H2,1-5H3. The van der Waals surface area contributed by atoms with E-state index in [1.807, 2.05) is 13.8 Å². The highest BCUT2D eigenvalue weighted by molar-refractivity contribution is 5.69. The molecule has 1 rings (SSSR count). The van der Waals surface area contributed by atoms with Crippen LogP contribution in [0.4, 0.5) is 4.39 Å². The van der Waals surface area contributed by atoms with E-state index >= 15 is 0 Å². The van der Waals surface area contributed by atoms with Crippen molar-refractivity contribution in [1.82, 2.24) is 0 Å². The van der Waals surface area contributed by atoms with Crippen LogP contribution in [0.2, 0.25) is 0 Å². The van der Waals surface area contributed by atoms with Crippen LogP contribution in [-0.2, 0) is 9.53 Å². The largest absolute Gasteiger partial charge is 0.462 e. The normalized spacial score (nSPS) is 14.3. The number of carbonyl (C=O) groups excluding carboxylic acids is 1. The average molecular weight is 266 g/mol. The predicted molar refractivity (Wildman–Crippen MR) is 74.6 cm³/mol. The summed E-state index contributed by atoms with van der Waals surface area (Å²) >= 11 is 0. The average Bonchev–Trinajstić information content (AvgIpc) is 2.31. The Morgan fingerprint density at radius 3 is 2.42 bits per heavy atom. The third-order valence-corrected chi connectivity index (χ3v) is 3.42. The van der Waals surface area contributed by atoms with Crippen molar-refractivity contribution in [1.29, 1.82) is 0 Å². The van der Waals surface area contributed by atoms with Crippen molar-refractivity contribution in [2.75, 3.05) is 0 Å². The van der Waals surface area contributed by atoms with Gasteiger partial charge in [0.25, 0.3) is 0 Å². The highest BCUT2D eigenvalue weighted by Crippen LogP contribution is 2.32. The minimum Gasteiger partial charge on any atom is -0.462 e. The van der Waals surface area contributed by atoms with Crippen LogP contribution >= 0.6 is 0 Å². The molecule has 0 heterocycles. The Kier molecular flexibility index (Phi) is 5.52. The van der Waals surface area contributed by atoms with E-state index in [0.29, 0.717) is 12.3 Å². The summed E-state index contributed by atoms with van der Waals surface area (Å²) in [7, 11) is 0. The quantitative estimate of drug-likeness (QED) is 0.746. The number of hydrogen-bond donors (Lipinski definition) is 0. The maximum Gasteiger partial charge on any atom is 0.305 e. The molecule has 2 atom stereocenters. The van der Waals surface area contributed by atoms with Gasteiger partial charge in [-0.25, -0.2) is 4.39 Å². The Morgan fingerprint density at radius 1 is 1.32 bits per heavy atom. The molecular weight excluding hydrogens is 243 g/mol. The number of benzene rings is 1. The van der Waals surface area contributed by atoms with Gasteiger partial charge in [0.1, 0.15) is 11.9 Å². The molecule has 3 heteroatoms. The minimum absolute atomic E-state index is 0.0797. The molecular formula is C16H23FO2. The van der Waals surface area contributed by atoms with Crippen LogP contribution in [0.15, 0.2) is 18.2 Å².